The molecule has 1 aromatic heterocycles. The SMILES string of the molecule is Oc1[nH]c2ccccc2c1N=NC(=NCC1CCCO1)SCCOc1ccccc1. The van der Waals surface area contributed by atoms with Crippen LogP contribution in [-0.4, -0.2) is 46.9 Å². The average molecular weight is 425 g/mol. The van der Waals surface area contributed by atoms with E-state index >= 15 is 0 Å². The van der Waals surface area contributed by atoms with Crippen LogP contribution >= 0.6 is 11.8 Å². The maximum atomic E-state index is 10.2. The van der Waals surface area contributed by atoms with E-state index in [1.165, 1.54) is 11.8 Å². The first-order valence-corrected chi connectivity index (χ1v) is 11.0. The molecule has 0 saturated carbocycles. The molecule has 8 heteroatoms. The molecule has 1 saturated heterocycles. The highest BCUT2D eigenvalue weighted by Crippen LogP contribution is 2.35. The minimum absolute atomic E-state index is 0.00385. The van der Waals surface area contributed by atoms with E-state index in [-0.39, 0.29) is 12.0 Å². The lowest BCUT2D eigenvalue weighted by molar-refractivity contribution is 0.118. The topological polar surface area (TPSA) is 91.6 Å². The van der Waals surface area contributed by atoms with Gasteiger partial charge in [0.2, 0.25) is 11.0 Å². The molecule has 1 fully saturated rings. The largest absolute Gasteiger partial charge is 0.493 e. The summed E-state index contributed by atoms with van der Waals surface area (Å²) < 4.78 is 11.4. The van der Waals surface area contributed by atoms with Gasteiger partial charge in [0, 0.05) is 17.7 Å². The Morgan fingerprint density at radius 1 is 1.17 bits per heavy atom. The van der Waals surface area contributed by atoms with Crippen LogP contribution in [0.15, 0.2) is 69.8 Å². The summed E-state index contributed by atoms with van der Waals surface area (Å²) >= 11 is 1.47. The second-order valence-electron chi connectivity index (χ2n) is 6.84. The first-order chi connectivity index (χ1) is 14.8. The number of nitrogens with one attached hydrogen (secondary N) is 1. The van der Waals surface area contributed by atoms with Gasteiger partial charge in [-0.2, -0.15) is 0 Å². The first kappa shape index (κ1) is 20.4. The summed E-state index contributed by atoms with van der Waals surface area (Å²) in [6.45, 7) is 1.88. The molecular formula is C22H24N4O3S. The number of aromatic hydroxyl groups is 1. The lowest BCUT2D eigenvalue weighted by atomic mass is 10.2. The predicted molar refractivity (Wildman–Crippen MR) is 120 cm³/mol. The Labute approximate surface area is 179 Å². The van der Waals surface area contributed by atoms with Crippen LogP contribution in [0.2, 0.25) is 0 Å². The second-order valence-corrected chi connectivity index (χ2v) is 7.90. The molecule has 30 heavy (non-hydrogen) atoms. The molecule has 4 rings (SSSR count). The molecule has 0 amide bonds. The molecular weight excluding hydrogens is 400 g/mol. The fraction of sp³-hybridized carbons (Fsp3) is 0.318. The predicted octanol–water partition coefficient (Wildman–Crippen LogP) is 5.30. The third-order valence-corrected chi connectivity index (χ3v) is 5.52. The van der Waals surface area contributed by atoms with Gasteiger partial charge in [-0.15, -0.1) is 10.2 Å². The summed E-state index contributed by atoms with van der Waals surface area (Å²) in [4.78, 5) is 7.52. The van der Waals surface area contributed by atoms with Crippen LogP contribution in [0.4, 0.5) is 5.69 Å². The number of hydrogen-bond donors (Lipinski definition) is 2. The molecule has 0 spiro atoms. The number of para-hydroxylation sites is 2. The smallest absolute Gasteiger partial charge is 0.218 e. The average Bonchev–Trinajstić information content (AvgIpc) is 3.40. The van der Waals surface area contributed by atoms with E-state index in [4.69, 9.17) is 9.47 Å². The van der Waals surface area contributed by atoms with Crippen LogP contribution in [0, 0.1) is 0 Å². The van der Waals surface area contributed by atoms with Gasteiger partial charge in [0.25, 0.3) is 0 Å². The fourth-order valence-corrected chi connectivity index (χ4v) is 3.80. The third-order valence-electron chi connectivity index (χ3n) is 4.68. The van der Waals surface area contributed by atoms with E-state index in [0.717, 1.165) is 36.1 Å². The van der Waals surface area contributed by atoms with Crippen LogP contribution < -0.4 is 4.74 Å². The maximum absolute atomic E-state index is 10.2. The van der Waals surface area contributed by atoms with E-state index in [1.807, 2.05) is 54.6 Å². The van der Waals surface area contributed by atoms with Gasteiger partial charge in [-0.25, -0.2) is 0 Å². The number of aromatic nitrogens is 1. The summed E-state index contributed by atoms with van der Waals surface area (Å²) in [5, 5.41) is 20.2. The molecule has 2 N–H and O–H groups in total. The summed E-state index contributed by atoms with van der Waals surface area (Å²) in [5.41, 5.74) is 1.22. The Morgan fingerprint density at radius 2 is 2.00 bits per heavy atom. The first-order valence-electron chi connectivity index (χ1n) is 9.98. The van der Waals surface area contributed by atoms with Gasteiger partial charge < -0.3 is 19.6 Å². The highest BCUT2D eigenvalue weighted by atomic mass is 32.2. The van der Waals surface area contributed by atoms with Crippen molar-refractivity contribution in [3.63, 3.8) is 0 Å². The summed E-state index contributed by atoms with van der Waals surface area (Å²) in [6, 6.07) is 17.3. The van der Waals surface area contributed by atoms with E-state index in [2.05, 4.69) is 20.2 Å². The summed E-state index contributed by atoms with van der Waals surface area (Å²) in [6.07, 6.45) is 2.22. The normalized spacial score (nSPS) is 17.2. The molecule has 0 bridgehead atoms. The van der Waals surface area contributed by atoms with E-state index in [9.17, 15) is 5.11 Å². The molecule has 1 aliphatic rings. The number of H-pyrrole nitrogens is 1. The number of benzene rings is 2. The van der Waals surface area contributed by atoms with Crippen LogP contribution in [0.1, 0.15) is 12.8 Å². The molecule has 3 aromatic rings. The molecule has 2 aromatic carbocycles. The number of rotatable bonds is 7. The molecule has 0 radical (unpaired) electrons. The number of fused-ring (bicyclic) bond motifs is 1. The molecule has 1 aliphatic heterocycles. The molecule has 2 heterocycles. The Morgan fingerprint density at radius 3 is 2.83 bits per heavy atom. The van der Waals surface area contributed by atoms with Crippen molar-refractivity contribution in [3.8, 4) is 11.6 Å². The number of nitrogens with zero attached hydrogens (tertiary/aromatic N) is 3. The van der Waals surface area contributed by atoms with Crippen molar-refractivity contribution in [2.75, 3.05) is 25.5 Å². The Balaban J connectivity index is 1.43. The Hall–Kier alpha value is -2.84. The number of hydrogen-bond acceptors (Lipinski definition) is 6. The molecule has 0 aliphatic carbocycles. The second kappa shape index (κ2) is 10.3. The highest BCUT2D eigenvalue weighted by molar-refractivity contribution is 8.13. The highest BCUT2D eigenvalue weighted by Gasteiger charge is 2.15. The fourth-order valence-electron chi connectivity index (χ4n) is 3.19. The van der Waals surface area contributed by atoms with Crippen molar-refractivity contribution in [3.05, 3.63) is 54.6 Å². The number of aliphatic imine (C=N–C) groups is 1. The summed E-state index contributed by atoms with van der Waals surface area (Å²) in [7, 11) is 0. The van der Waals surface area contributed by atoms with Crippen molar-refractivity contribution in [1.82, 2.24) is 4.98 Å². The van der Waals surface area contributed by atoms with Crippen molar-refractivity contribution in [2.45, 2.75) is 18.9 Å². The number of azo groups is 1. The number of amidine groups is 1. The van der Waals surface area contributed by atoms with Crippen LogP contribution in [0.3, 0.4) is 0 Å². The maximum Gasteiger partial charge on any atom is 0.218 e. The van der Waals surface area contributed by atoms with Gasteiger partial charge in [-0.05, 0) is 31.0 Å². The lowest BCUT2D eigenvalue weighted by Crippen LogP contribution is -2.10. The standard InChI is InChI=1S/C22H24N4O3S/c27-21-20(18-10-4-5-11-19(18)24-21)25-26-22(23-15-17-9-6-12-28-17)30-14-13-29-16-7-2-1-3-8-16/h1-5,7-8,10-11,17,24,27H,6,9,12-15H2. The van der Waals surface area contributed by atoms with Gasteiger partial charge in [-0.3, -0.25) is 4.99 Å². The van der Waals surface area contributed by atoms with Gasteiger partial charge in [-0.1, -0.05) is 48.2 Å². The van der Waals surface area contributed by atoms with E-state index < -0.39 is 0 Å². The van der Waals surface area contributed by atoms with Crippen molar-refractivity contribution in [1.29, 1.82) is 0 Å². The minimum atomic E-state index is -0.00385. The zero-order valence-corrected chi connectivity index (χ0v) is 17.3. The Kier molecular flexibility index (Phi) is 6.99. The molecule has 1 unspecified atom stereocenters. The van der Waals surface area contributed by atoms with Gasteiger partial charge in [0.05, 0.1) is 24.8 Å². The van der Waals surface area contributed by atoms with Gasteiger partial charge >= 0.3 is 0 Å². The van der Waals surface area contributed by atoms with Crippen molar-refractivity contribution < 1.29 is 14.6 Å². The van der Waals surface area contributed by atoms with Crippen LogP contribution in [0.5, 0.6) is 11.6 Å². The number of thioether (sulfide) groups is 1. The molecule has 156 valence electrons. The zero-order valence-electron chi connectivity index (χ0n) is 16.5. The van der Waals surface area contributed by atoms with E-state index in [1.54, 1.807) is 0 Å². The quantitative estimate of drug-likeness (QED) is 0.233. The van der Waals surface area contributed by atoms with Crippen LogP contribution in [0.25, 0.3) is 10.9 Å². The molecule has 7 nitrogen and oxygen atoms in total. The van der Waals surface area contributed by atoms with Crippen molar-refractivity contribution in [2.24, 2.45) is 15.2 Å². The van der Waals surface area contributed by atoms with Crippen LogP contribution in [-0.2, 0) is 4.74 Å². The third kappa shape index (κ3) is 5.40. The Bertz CT molecular complexity index is 1010. The summed E-state index contributed by atoms with van der Waals surface area (Å²) in [5.74, 6) is 1.51. The monoisotopic (exact) mass is 424 g/mol. The van der Waals surface area contributed by atoms with E-state index in [0.29, 0.717) is 29.8 Å². The molecule has 1 atom stereocenters. The lowest BCUT2D eigenvalue weighted by Gasteiger charge is -2.07. The van der Waals surface area contributed by atoms with Crippen molar-refractivity contribution >= 4 is 33.5 Å². The number of aromatic amines is 1. The minimum Gasteiger partial charge on any atom is -0.493 e. The van der Waals surface area contributed by atoms with Gasteiger partial charge in [0.15, 0.2) is 5.69 Å². The van der Waals surface area contributed by atoms with Gasteiger partial charge in [0.1, 0.15) is 5.75 Å². The number of ether oxygens (including phenoxy) is 2. The zero-order chi connectivity index (χ0) is 20.6.